The summed E-state index contributed by atoms with van der Waals surface area (Å²) in [4.78, 5) is 11.9. The molecular formula is C14H21ClN2O4S. The summed E-state index contributed by atoms with van der Waals surface area (Å²) in [5.74, 6) is -0.364. The number of carbonyl (C=O) groups is 1. The Morgan fingerprint density at radius 2 is 1.95 bits per heavy atom. The Balaban J connectivity index is 2.63. The highest BCUT2D eigenvalue weighted by molar-refractivity contribution is 7.92. The molecule has 8 heteroatoms. The van der Waals surface area contributed by atoms with Gasteiger partial charge in [0.05, 0.1) is 11.9 Å². The van der Waals surface area contributed by atoms with Gasteiger partial charge in [-0.1, -0.05) is 11.6 Å². The van der Waals surface area contributed by atoms with Crippen LogP contribution in [-0.4, -0.2) is 46.9 Å². The number of rotatable bonds is 9. The lowest BCUT2D eigenvalue weighted by Gasteiger charge is -2.21. The number of sulfonamides is 1. The van der Waals surface area contributed by atoms with Crippen LogP contribution in [0.2, 0.25) is 5.02 Å². The average molecular weight is 349 g/mol. The molecule has 0 aromatic heterocycles. The summed E-state index contributed by atoms with van der Waals surface area (Å²) in [5.41, 5.74) is 0.399. The second kappa shape index (κ2) is 8.97. The molecule has 0 atom stereocenters. The average Bonchev–Trinajstić information content (AvgIpc) is 2.44. The van der Waals surface area contributed by atoms with E-state index in [4.69, 9.17) is 16.3 Å². The van der Waals surface area contributed by atoms with E-state index in [1.165, 1.54) is 0 Å². The number of hydrogen-bond acceptors (Lipinski definition) is 4. The number of nitrogens with one attached hydrogen (secondary N) is 1. The van der Waals surface area contributed by atoms with Gasteiger partial charge in [0.1, 0.15) is 6.54 Å². The number of benzene rings is 1. The summed E-state index contributed by atoms with van der Waals surface area (Å²) in [6.45, 7) is 3.26. The topological polar surface area (TPSA) is 75.7 Å². The Labute approximate surface area is 136 Å². The van der Waals surface area contributed by atoms with E-state index < -0.39 is 10.0 Å². The van der Waals surface area contributed by atoms with Crippen molar-refractivity contribution in [2.45, 2.75) is 13.3 Å². The fourth-order valence-electron chi connectivity index (χ4n) is 1.74. The molecule has 0 radical (unpaired) electrons. The number of hydrogen-bond donors (Lipinski definition) is 1. The Hall–Kier alpha value is -1.31. The van der Waals surface area contributed by atoms with Crippen molar-refractivity contribution in [2.75, 3.05) is 36.9 Å². The summed E-state index contributed by atoms with van der Waals surface area (Å²) in [6, 6.07) is 6.28. The smallest absolute Gasteiger partial charge is 0.240 e. The molecule has 0 unspecified atom stereocenters. The molecule has 0 aliphatic rings. The first-order valence-corrected chi connectivity index (χ1v) is 9.15. The molecule has 0 heterocycles. The lowest BCUT2D eigenvalue weighted by Crippen LogP contribution is -2.40. The second-order valence-electron chi connectivity index (χ2n) is 4.65. The van der Waals surface area contributed by atoms with Crippen molar-refractivity contribution in [3.05, 3.63) is 29.3 Å². The maximum atomic E-state index is 11.9. The summed E-state index contributed by atoms with van der Waals surface area (Å²) >= 11 is 5.79. The van der Waals surface area contributed by atoms with Crippen molar-refractivity contribution in [1.82, 2.24) is 5.32 Å². The van der Waals surface area contributed by atoms with Gasteiger partial charge in [0.15, 0.2) is 0 Å². The number of carbonyl (C=O) groups excluding carboxylic acids is 1. The lowest BCUT2D eigenvalue weighted by atomic mass is 10.3. The van der Waals surface area contributed by atoms with Gasteiger partial charge in [0.2, 0.25) is 15.9 Å². The van der Waals surface area contributed by atoms with Crippen LogP contribution in [0.3, 0.4) is 0 Å². The largest absolute Gasteiger partial charge is 0.382 e. The summed E-state index contributed by atoms with van der Waals surface area (Å²) in [7, 11) is -3.56. The highest BCUT2D eigenvalue weighted by Crippen LogP contribution is 2.20. The van der Waals surface area contributed by atoms with Crippen LogP contribution < -0.4 is 9.62 Å². The molecule has 0 aliphatic carbocycles. The minimum absolute atomic E-state index is 0.269. The van der Waals surface area contributed by atoms with E-state index in [-0.39, 0.29) is 12.5 Å². The Bertz CT molecular complexity index is 575. The van der Waals surface area contributed by atoms with Crippen LogP contribution in [-0.2, 0) is 19.6 Å². The molecule has 22 heavy (non-hydrogen) atoms. The fourth-order valence-corrected chi connectivity index (χ4v) is 2.72. The van der Waals surface area contributed by atoms with Crippen LogP contribution in [0.25, 0.3) is 0 Å². The summed E-state index contributed by atoms with van der Waals surface area (Å²) in [5, 5.41) is 3.17. The SMILES string of the molecule is CCOCCCNC(=O)CN(c1ccc(Cl)cc1)S(C)(=O)=O. The van der Waals surface area contributed by atoms with Crippen LogP contribution in [0, 0.1) is 0 Å². The monoisotopic (exact) mass is 348 g/mol. The minimum Gasteiger partial charge on any atom is -0.382 e. The molecule has 0 aliphatic heterocycles. The van der Waals surface area contributed by atoms with Crippen LogP contribution in [0.5, 0.6) is 0 Å². The molecule has 0 saturated heterocycles. The number of nitrogens with zero attached hydrogens (tertiary/aromatic N) is 1. The third kappa shape index (κ3) is 6.64. The van der Waals surface area contributed by atoms with Crippen molar-refractivity contribution in [1.29, 1.82) is 0 Å². The molecule has 0 saturated carbocycles. The van der Waals surface area contributed by atoms with Gasteiger partial charge in [0.25, 0.3) is 0 Å². The zero-order valence-corrected chi connectivity index (χ0v) is 14.3. The standard InChI is InChI=1S/C14H21ClN2O4S/c1-3-21-10-4-9-16-14(18)11-17(22(2,19)20)13-7-5-12(15)6-8-13/h5-8H,3-4,9-11H2,1-2H3,(H,16,18). The highest BCUT2D eigenvalue weighted by Gasteiger charge is 2.20. The molecule has 0 spiro atoms. The Morgan fingerprint density at radius 3 is 2.50 bits per heavy atom. The second-order valence-corrected chi connectivity index (χ2v) is 6.99. The van der Waals surface area contributed by atoms with Gasteiger partial charge in [-0.3, -0.25) is 9.10 Å². The number of ether oxygens (including phenoxy) is 1. The Kier molecular flexibility index (Phi) is 7.64. The molecular weight excluding hydrogens is 328 g/mol. The number of amides is 1. The zero-order valence-electron chi connectivity index (χ0n) is 12.7. The molecule has 1 N–H and O–H groups in total. The van der Waals surface area contributed by atoms with Gasteiger partial charge in [0, 0.05) is 24.8 Å². The maximum Gasteiger partial charge on any atom is 0.240 e. The van der Waals surface area contributed by atoms with Crippen LogP contribution in [0.4, 0.5) is 5.69 Å². The quantitative estimate of drug-likeness (QED) is 0.688. The van der Waals surface area contributed by atoms with Crippen LogP contribution in [0.15, 0.2) is 24.3 Å². The summed E-state index contributed by atoms with van der Waals surface area (Å²) in [6.07, 6.45) is 1.74. The van der Waals surface area contributed by atoms with E-state index in [1.54, 1.807) is 24.3 Å². The lowest BCUT2D eigenvalue weighted by molar-refractivity contribution is -0.119. The van der Waals surface area contributed by atoms with Crippen molar-refractivity contribution < 1.29 is 17.9 Å². The molecule has 0 bridgehead atoms. The fraction of sp³-hybridized carbons (Fsp3) is 0.500. The van der Waals surface area contributed by atoms with Gasteiger partial charge in [-0.25, -0.2) is 8.42 Å². The number of anilines is 1. The van der Waals surface area contributed by atoms with Gasteiger partial charge < -0.3 is 10.1 Å². The highest BCUT2D eigenvalue weighted by atomic mass is 35.5. The van der Waals surface area contributed by atoms with Gasteiger partial charge in [-0.15, -0.1) is 0 Å². The van der Waals surface area contributed by atoms with E-state index >= 15 is 0 Å². The van der Waals surface area contributed by atoms with Crippen molar-refractivity contribution in [2.24, 2.45) is 0 Å². The van der Waals surface area contributed by atoms with Crippen LogP contribution >= 0.6 is 11.6 Å². The van der Waals surface area contributed by atoms with E-state index in [0.29, 0.717) is 36.9 Å². The first kappa shape index (κ1) is 18.7. The minimum atomic E-state index is -3.56. The van der Waals surface area contributed by atoms with E-state index in [1.807, 2.05) is 6.92 Å². The predicted molar refractivity (Wildman–Crippen MR) is 87.8 cm³/mol. The zero-order chi connectivity index (χ0) is 16.6. The van der Waals surface area contributed by atoms with Gasteiger partial charge in [-0.2, -0.15) is 0 Å². The molecule has 1 rings (SSSR count). The maximum absolute atomic E-state index is 11.9. The molecule has 0 fully saturated rings. The van der Waals surface area contributed by atoms with E-state index in [9.17, 15) is 13.2 Å². The normalized spacial score (nSPS) is 11.2. The van der Waals surface area contributed by atoms with Crippen LogP contribution in [0.1, 0.15) is 13.3 Å². The third-order valence-corrected chi connectivity index (χ3v) is 4.19. The predicted octanol–water partition coefficient (Wildman–Crippen LogP) is 1.65. The molecule has 1 aromatic rings. The van der Waals surface area contributed by atoms with Crippen molar-refractivity contribution >= 4 is 33.2 Å². The molecule has 6 nitrogen and oxygen atoms in total. The van der Waals surface area contributed by atoms with Gasteiger partial charge >= 0.3 is 0 Å². The first-order chi connectivity index (χ1) is 10.3. The van der Waals surface area contributed by atoms with Crippen molar-refractivity contribution in [3.63, 3.8) is 0 Å². The van der Waals surface area contributed by atoms with E-state index in [2.05, 4.69) is 5.32 Å². The molecule has 1 amide bonds. The number of halogens is 1. The third-order valence-electron chi connectivity index (χ3n) is 2.79. The Morgan fingerprint density at radius 1 is 1.32 bits per heavy atom. The first-order valence-electron chi connectivity index (χ1n) is 6.92. The van der Waals surface area contributed by atoms with E-state index in [0.717, 1.165) is 10.6 Å². The molecule has 1 aromatic carbocycles. The molecule has 124 valence electrons. The van der Waals surface area contributed by atoms with Gasteiger partial charge in [-0.05, 0) is 37.6 Å². The van der Waals surface area contributed by atoms with Crippen molar-refractivity contribution in [3.8, 4) is 0 Å². The summed E-state index contributed by atoms with van der Waals surface area (Å²) < 4.78 is 29.9.